The summed E-state index contributed by atoms with van der Waals surface area (Å²) in [5.41, 5.74) is 3.11. The number of amides is 2. The lowest BCUT2D eigenvalue weighted by Gasteiger charge is -2.15. The number of benzene rings is 3. The zero-order chi connectivity index (χ0) is 22.1. The highest BCUT2D eigenvalue weighted by Crippen LogP contribution is 2.34. The van der Waals surface area contributed by atoms with E-state index in [4.69, 9.17) is 11.6 Å². The number of imide groups is 1. The van der Waals surface area contributed by atoms with Gasteiger partial charge < -0.3 is 5.32 Å². The summed E-state index contributed by atoms with van der Waals surface area (Å²) in [5.74, 6) is -1.06. The fourth-order valence-corrected chi connectivity index (χ4v) is 3.58. The van der Waals surface area contributed by atoms with Crippen LogP contribution in [0.5, 0.6) is 0 Å². The molecular formula is C25H20ClFN2O2. The maximum atomic E-state index is 13.4. The van der Waals surface area contributed by atoms with E-state index >= 15 is 0 Å². The van der Waals surface area contributed by atoms with Crippen LogP contribution in [0.3, 0.4) is 0 Å². The number of rotatable bonds is 5. The van der Waals surface area contributed by atoms with Gasteiger partial charge in [0.25, 0.3) is 11.8 Å². The standard InChI is InChI=1S/C25H20ClFN2O2/c1-15(2)16-5-11-20(12-6-16)28-23-22(17-3-7-18(26)8-4-17)24(30)29(25(23)31)21-13-9-19(27)10-14-21/h3-15,28H,1-2H3. The Morgan fingerprint density at radius 2 is 1.45 bits per heavy atom. The molecule has 6 heteroatoms. The van der Waals surface area contributed by atoms with Gasteiger partial charge >= 0.3 is 0 Å². The van der Waals surface area contributed by atoms with Crippen molar-refractivity contribution in [1.82, 2.24) is 0 Å². The Labute approximate surface area is 185 Å². The van der Waals surface area contributed by atoms with E-state index in [1.54, 1.807) is 24.3 Å². The Balaban J connectivity index is 1.77. The molecule has 0 unspecified atom stereocenters. The first-order chi connectivity index (χ1) is 14.8. The summed E-state index contributed by atoms with van der Waals surface area (Å²) in [5, 5.41) is 3.65. The molecule has 0 aliphatic carbocycles. The van der Waals surface area contributed by atoms with Gasteiger partial charge in [-0.15, -0.1) is 0 Å². The maximum Gasteiger partial charge on any atom is 0.282 e. The molecule has 0 saturated carbocycles. The van der Waals surface area contributed by atoms with Gasteiger partial charge in [-0.25, -0.2) is 9.29 Å². The largest absolute Gasteiger partial charge is 0.350 e. The van der Waals surface area contributed by atoms with Crippen LogP contribution in [-0.2, 0) is 9.59 Å². The minimum Gasteiger partial charge on any atom is -0.350 e. The summed E-state index contributed by atoms with van der Waals surface area (Å²) < 4.78 is 13.4. The smallest absolute Gasteiger partial charge is 0.282 e. The molecule has 1 N–H and O–H groups in total. The molecule has 4 nitrogen and oxygen atoms in total. The molecule has 31 heavy (non-hydrogen) atoms. The number of nitrogens with zero attached hydrogens (tertiary/aromatic N) is 1. The molecule has 0 radical (unpaired) electrons. The summed E-state index contributed by atoms with van der Waals surface area (Å²) in [6.07, 6.45) is 0. The molecule has 1 aliphatic heterocycles. The third kappa shape index (κ3) is 4.09. The molecule has 4 rings (SSSR count). The van der Waals surface area contributed by atoms with Crippen molar-refractivity contribution in [3.8, 4) is 0 Å². The van der Waals surface area contributed by atoms with Gasteiger partial charge in [0.15, 0.2) is 0 Å². The van der Waals surface area contributed by atoms with E-state index < -0.39 is 17.6 Å². The lowest BCUT2D eigenvalue weighted by molar-refractivity contribution is -0.120. The Bertz CT molecular complexity index is 1170. The number of nitrogens with one attached hydrogen (secondary N) is 1. The summed E-state index contributed by atoms with van der Waals surface area (Å²) in [7, 11) is 0. The molecule has 0 aromatic heterocycles. The van der Waals surface area contributed by atoms with E-state index in [1.807, 2.05) is 24.3 Å². The number of anilines is 2. The first kappa shape index (κ1) is 20.8. The second-order valence-corrected chi connectivity index (χ2v) is 8.02. The molecule has 0 bridgehead atoms. The van der Waals surface area contributed by atoms with Gasteiger partial charge in [0.1, 0.15) is 11.5 Å². The van der Waals surface area contributed by atoms with Crippen LogP contribution in [-0.4, -0.2) is 11.8 Å². The van der Waals surface area contributed by atoms with Crippen molar-refractivity contribution in [2.45, 2.75) is 19.8 Å². The monoisotopic (exact) mass is 434 g/mol. The lowest BCUT2D eigenvalue weighted by atomic mass is 10.0. The van der Waals surface area contributed by atoms with Gasteiger partial charge in [-0.2, -0.15) is 0 Å². The van der Waals surface area contributed by atoms with E-state index in [9.17, 15) is 14.0 Å². The summed E-state index contributed by atoms with van der Waals surface area (Å²) in [6.45, 7) is 4.20. The Morgan fingerprint density at radius 3 is 2.03 bits per heavy atom. The Morgan fingerprint density at radius 1 is 0.839 bits per heavy atom. The molecular weight excluding hydrogens is 415 g/mol. The van der Waals surface area contributed by atoms with Crippen LogP contribution in [0.1, 0.15) is 30.9 Å². The summed E-state index contributed by atoms with van der Waals surface area (Å²) in [6, 6.07) is 19.7. The van der Waals surface area contributed by atoms with Gasteiger partial charge in [0, 0.05) is 10.7 Å². The lowest BCUT2D eigenvalue weighted by Crippen LogP contribution is -2.32. The Hall–Kier alpha value is -3.44. The molecule has 1 aliphatic rings. The fourth-order valence-electron chi connectivity index (χ4n) is 3.45. The van der Waals surface area contributed by atoms with Crippen LogP contribution in [0.25, 0.3) is 5.57 Å². The normalized spacial score (nSPS) is 14.0. The molecule has 3 aromatic rings. The van der Waals surface area contributed by atoms with Crippen LogP contribution in [0.15, 0.2) is 78.5 Å². The van der Waals surface area contributed by atoms with Crippen LogP contribution >= 0.6 is 11.6 Å². The van der Waals surface area contributed by atoms with Gasteiger partial charge in [-0.1, -0.05) is 49.7 Å². The van der Waals surface area contributed by atoms with Gasteiger partial charge in [0.2, 0.25) is 0 Å². The predicted octanol–water partition coefficient (Wildman–Crippen LogP) is 6.00. The molecule has 0 atom stereocenters. The minimum atomic E-state index is -0.505. The first-order valence-electron chi connectivity index (χ1n) is 9.86. The fraction of sp³-hybridized carbons (Fsp3) is 0.120. The van der Waals surface area contributed by atoms with Gasteiger partial charge in [0.05, 0.1) is 11.3 Å². The third-order valence-electron chi connectivity index (χ3n) is 5.15. The van der Waals surface area contributed by atoms with Gasteiger partial charge in [-0.05, 0) is 65.6 Å². The van der Waals surface area contributed by atoms with Crippen LogP contribution in [0, 0.1) is 5.82 Å². The number of hydrogen-bond donors (Lipinski definition) is 1. The third-order valence-corrected chi connectivity index (χ3v) is 5.40. The van der Waals surface area contributed by atoms with Crippen molar-refractivity contribution in [2.75, 3.05) is 10.2 Å². The summed E-state index contributed by atoms with van der Waals surface area (Å²) in [4.78, 5) is 27.7. The van der Waals surface area contributed by atoms with Crippen molar-refractivity contribution in [1.29, 1.82) is 0 Å². The van der Waals surface area contributed by atoms with Crippen molar-refractivity contribution in [3.05, 3.63) is 100 Å². The average molecular weight is 435 g/mol. The van der Waals surface area contributed by atoms with Crippen molar-refractivity contribution in [3.63, 3.8) is 0 Å². The predicted molar refractivity (Wildman–Crippen MR) is 121 cm³/mol. The van der Waals surface area contributed by atoms with E-state index in [0.717, 1.165) is 4.90 Å². The van der Waals surface area contributed by atoms with Crippen molar-refractivity contribution < 1.29 is 14.0 Å². The first-order valence-corrected chi connectivity index (χ1v) is 10.2. The van der Waals surface area contributed by atoms with Gasteiger partial charge in [-0.3, -0.25) is 9.59 Å². The average Bonchev–Trinajstić information content (AvgIpc) is 2.99. The summed E-state index contributed by atoms with van der Waals surface area (Å²) >= 11 is 6.00. The second-order valence-electron chi connectivity index (χ2n) is 7.58. The van der Waals surface area contributed by atoms with E-state index in [-0.39, 0.29) is 11.3 Å². The van der Waals surface area contributed by atoms with Crippen LogP contribution in [0.2, 0.25) is 5.02 Å². The van der Waals surface area contributed by atoms with E-state index in [1.165, 1.54) is 29.8 Å². The molecule has 0 saturated heterocycles. The molecule has 3 aromatic carbocycles. The van der Waals surface area contributed by atoms with Crippen molar-refractivity contribution in [2.24, 2.45) is 0 Å². The number of hydrogen-bond acceptors (Lipinski definition) is 3. The highest BCUT2D eigenvalue weighted by atomic mass is 35.5. The number of carbonyl (C=O) groups excluding carboxylic acids is 2. The second kappa shape index (κ2) is 8.36. The highest BCUT2D eigenvalue weighted by Gasteiger charge is 2.40. The quantitative estimate of drug-likeness (QED) is 0.501. The Kier molecular flexibility index (Phi) is 5.61. The number of halogens is 2. The van der Waals surface area contributed by atoms with E-state index in [0.29, 0.717) is 27.9 Å². The maximum absolute atomic E-state index is 13.4. The zero-order valence-electron chi connectivity index (χ0n) is 17.0. The molecule has 2 amide bonds. The molecule has 156 valence electrons. The topological polar surface area (TPSA) is 49.4 Å². The molecule has 1 heterocycles. The number of carbonyl (C=O) groups is 2. The van der Waals surface area contributed by atoms with Crippen LogP contribution in [0.4, 0.5) is 15.8 Å². The van der Waals surface area contributed by atoms with E-state index in [2.05, 4.69) is 19.2 Å². The minimum absolute atomic E-state index is 0.161. The highest BCUT2D eigenvalue weighted by molar-refractivity contribution is 6.46. The molecule has 0 fully saturated rings. The zero-order valence-corrected chi connectivity index (χ0v) is 17.8. The molecule has 0 spiro atoms. The van der Waals surface area contributed by atoms with Crippen LogP contribution < -0.4 is 10.2 Å². The van der Waals surface area contributed by atoms with Crippen molar-refractivity contribution >= 4 is 40.4 Å². The SMILES string of the molecule is CC(C)c1ccc(NC2=C(c3ccc(Cl)cc3)C(=O)N(c3ccc(F)cc3)C2=O)cc1.